The van der Waals surface area contributed by atoms with Crippen LogP contribution in [0, 0.1) is 12.3 Å². The number of carboxylic acids is 1. The second kappa shape index (κ2) is 5.44. The predicted octanol–water partition coefficient (Wildman–Crippen LogP) is 1.48. The second-order valence-electron chi connectivity index (χ2n) is 4.24. The largest absolute Gasteiger partial charge is 0.478 e. The molecule has 2 rings (SSSR count). The topological polar surface area (TPSA) is 69.6 Å². The minimum atomic E-state index is -0.959. The predicted molar refractivity (Wildman–Crippen MR) is 71.3 cm³/mol. The highest BCUT2D eigenvalue weighted by Gasteiger charge is 2.25. The summed E-state index contributed by atoms with van der Waals surface area (Å²) in [5.74, 6) is 1.50. The zero-order chi connectivity index (χ0) is 13.8. The lowest BCUT2D eigenvalue weighted by molar-refractivity contribution is 0.0697. The number of anilines is 1. The summed E-state index contributed by atoms with van der Waals surface area (Å²) in [6, 6.07) is 4.60. The average Bonchev–Trinajstić information content (AvgIpc) is 2.81. The van der Waals surface area contributed by atoms with E-state index in [0.717, 1.165) is 11.3 Å². The monoisotopic (exact) mass is 258 g/mol. The van der Waals surface area contributed by atoms with E-state index in [-0.39, 0.29) is 11.6 Å². The summed E-state index contributed by atoms with van der Waals surface area (Å²) in [5.41, 5.74) is 1.89. The maximum Gasteiger partial charge on any atom is 0.335 e. The smallest absolute Gasteiger partial charge is 0.335 e. The number of carbonyl (C=O) groups is 2. The van der Waals surface area contributed by atoms with Crippen molar-refractivity contribution in [2.45, 2.75) is 12.8 Å². The molecule has 5 heteroatoms. The Labute approximate surface area is 111 Å². The average molecular weight is 258 g/mol. The molecule has 0 radical (unpaired) electrons. The normalized spacial score (nSPS) is 12.7. The number of terminal acetylenes is 1. The SMILES string of the molecule is C#CCCNC(=O)N1CCc2cc(C(=O)O)ccc21. The molecule has 98 valence electrons. The van der Waals surface area contributed by atoms with Crippen molar-refractivity contribution in [1.82, 2.24) is 5.32 Å². The van der Waals surface area contributed by atoms with Crippen LogP contribution in [0.4, 0.5) is 10.5 Å². The van der Waals surface area contributed by atoms with E-state index < -0.39 is 5.97 Å². The van der Waals surface area contributed by atoms with E-state index in [1.165, 1.54) is 6.07 Å². The van der Waals surface area contributed by atoms with Crippen LogP contribution in [0.5, 0.6) is 0 Å². The zero-order valence-corrected chi connectivity index (χ0v) is 10.3. The van der Waals surface area contributed by atoms with Crippen molar-refractivity contribution < 1.29 is 14.7 Å². The summed E-state index contributed by atoms with van der Waals surface area (Å²) in [4.78, 5) is 24.4. The standard InChI is InChI=1S/C14H14N2O3/c1-2-3-7-15-14(19)16-8-6-10-9-11(13(17)18)4-5-12(10)16/h1,4-5,9H,3,6-8H2,(H,15,19)(H,17,18). The van der Waals surface area contributed by atoms with Crippen LogP contribution in [0.1, 0.15) is 22.3 Å². The number of rotatable bonds is 3. The van der Waals surface area contributed by atoms with Gasteiger partial charge in [-0.05, 0) is 30.2 Å². The summed E-state index contributed by atoms with van der Waals surface area (Å²) in [6.07, 6.45) is 6.28. The Balaban J connectivity index is 2.12. The number of fused-ring (bicyclic) bond motifs is 1. The van der Waals surface area contributed by atoms with Gasteiger partial charge in [-0.25, -0.2) is 9.59 Å². The molecule has 0 saturated heterocycles. The molecule has 2 N–H and O–H groups in total. The van der Waals surface area contributed by atoms with Gasteiger partial charge in [-0.15, -0.1) is 12.3 Å². The molecule has 0 fully saturated rings. The number of amides is 2. The van der Waals surface area contributed by atoms with Crippen LogP contribution >= 0.6 is 0 Å². The van der Waals surface area contributed by atoms with Crippen LogP contribution in [-0.4, -0.2) is 30.2 Å². The van der Waals surface area contributed by atoms with E-state index in [0.29, 0.717) is 25.9 Å². The molecule has 0 unspecified atom stereocenters. The molecular weight excluding hydrogens is 244 g/mol. The highest BCUT2D eigenvalue weighted by atomic mass is 16.4. The molecule has 19 heavy (non-hydrogen) atoms. The number of carbonyl (C=O) groups excluding carboxylic acids is 1. The molecule has 0 saturated carbocycles. The van der Waals surface area contributed by atoms with Crippen molar-refractivity contribution in [2.75, 3.05) is 18.0 Å². The highest BCUT2D eigenvalue weighted by Crippen LogP contribution is 2.28. The first-order valence-electron chi connectivity index (χ1n) is 5.98. The second-order valence-corrected chi connectivity index (χ2v) is 4.24. The fraction of sp³-hybridized carbons (Fsp3) is 0.286. The van der Waals surface area contributed by atoms with E-state index in [4.69, 9.17) is 11.5 Å². The molecule has 5 nitrogen and oxygen atoms in total. The van der Waals surface area contributed by atoms with Gasteiger partial charge in [0.05, 0.1) is 5.56 Å². The summed E-state index contributed by atoms with van der Waals surface area (Å²) in [6.45, 7) is 0.995. The Hall–Kier alpha value is -2.48. The Bertz CT molecular complexity index is 560. The van der Waals surface area contributed by atoms with Crippen molar-refractivity contribution in [3.63, 3.8) is 0 Å². The van der Waals surface area contributed by atoms with Gasteiger partial charge in [0.1, 0.15) is 0 Å². The van der Waals surface area contributed by atoms with Gasteiger partial charge in [0.25, 0.3) is 0 Å². The van der Waals surface area contributed by atoms with E-state index >= 15 is 0 Å². The zero-order valence-electron chi connectivity index (χ0n) is 10.3. The molecule has 0 aromatic heterocycles. The first-order valence-corrected chi connectivity index (χ1v) is 5.98. The Morgan fingerprint density at radius 2 is 2.26 bits per heavy atom. The van der Waals surface area contributed by atoms with Crippen molar-refractivity contribution in [3.8, 4) is 12.3 Å². The summed E-state index contributed by atoms with van der Waals surface area (Å²) in [5, 5.41) is 11.7. The molecule has 1 heterocycles. The number of aromatic carboxylic acids is 1. The van der Waals surface area contributed by atoms with Crippen molar-refractivity contribution in [1.29, 1.82) is 0 Å². The van der Waals surface area contributed by atoms with Crippen LogP contribution in [0.3, 0.4) is 0 Å². The van der Waals surface area contributed by atoms with E-state index in [1.54, 1.807) is 17.0 Å². The fourth-order valence-electron chi connectivity index (χ4n) is 2.08. The lowest BCUT2D eigenvalue weighted by atomic mass is 10.1. The number of benzene rings is 1. The highest BCUT2D eigenvalue weighted by molar-refractivity contribution is 5.96. The molecule has 1 aliphatic heterocycles. The third-order valence-electron chi connectivity index (χ3n) is 3.01. The number of carboxylic acid groups (broad SMARTS) is 1. The third kappa shape index (κ3) is 2.68. The lowest BCUT2D eigenvalue weighted by Gasteiger charge is -2.17. The number of urea groups is 1. The third-order valence-corrected chi connectivity index (χ3v) is 3.01. The van der Waals surface area contributed by atoms with Crippen molar-refractivity contribution in [3.05, 3.63) is 29.3 Å². The van der Waals surface area contributed by atoms with E-state index in [9.17, 15) is 9.59 Å². The van der Waals surface area contributed by atoms with Gasteiger partial charge in [-0.1, -0.05) is 0 Å². The van der Waals surface area contributed by atoms with Gasteiger partial charge in [0.15, 0.2) is 0 Å². The molecule has 0 spiro atoms. The molecule has 0 aliphatic carbocycles. The number of hydrogen-bond acceptors (Lipinski definition) is 2. The summed E-state index contributed by atoms with van der Waals surface area (Å²) < 4.78 is 0. The van der Waals surface area contributed by atoms with Crippen LogP contribution in [0.25, 0.3) is 0 Å². The molecule has 1 aromatic rings. The summed E-state index contributed by atoms with van der Waals surface area (Å²) in [7, 11) is 0. The van der Waals surface area contributed by atoms with Crippen LogP contribution in [0.2, 0.25) is 0 Å². The maximum atomic E-state index is 11.9. The van der Waals surface area contributed by atoms with Crippen molar-refractivity contribution in [2.24, 2.45) is 0 Å². The Morgan fingerprint density at radius 3 is 2.95 bits per heavy atom. The van der Waals surface area contributed by atoms with Gasteiger partial charge >= 0.3 is 12.0 Å². The van der Waals surface area contributed by atoms with Crippen LogP contribution in [0.15, 0.2) is 18.2 Å². The molecule has 1 aromatic carbocycles. The lowest BCUT2D eigenvalue weighted by Crippen LogP contribution is -2.39. The first-order chi connectivity index (χ1) is 9.13. The summed E-state index contributed by atoms with van der Waals surface area (Å²) >= 11 is 0. The van der Waals surface area contributed by atoms with Gasteiger partial charge < -0.3 is 10.4 Å². The maximum absolute atomic E-state index is 11.9. The first kappa shape index (κ1) is 13.0. The Kier molecular flexibility index (Phi) is 3.71. The fourth-order valence-corrected chi connectivity index (χ4v) is 2.08. The number of nitrogens with zero attached hydrogens (tertiary/aromatic N) is 1. The van der Waals surface area contributed by atoms with Gasteiger partial charge in [0, 0.05) is 25.2 Å². The molecule has 0 atom stereocenters. The van der Waals surface area contributed by atoms with Gasteiger partial charge in [-0.3, -0.25) is 4.90 Å². The quantitative estimate of drug-likeness (QED) is 0.637. The number of nitrogens with one attached hydrogen (secondary N) is 1. The minimum Gasteiger partial charge on any atom is -0.478 e. The molecule has 1 aliphatic rings. The van der Waals surface area contributed by atoms with Crippen LogP contribution < -0.4 is 10.2 Å². The number of hydrogen-bond donors (Lipinski definition) is 2. The van der Waals surface area contributed by atoms with Crippen molar-refractivity contribution >= 4 is 17.7 Å². The molecule has 0 bridgehead atoms. The molecule has 2 amide bonds. The Morgan fingerprint density at radius 1 is 1.47 bits per heavy atom. The minimum absolute atomic E-state index is 0.197. The van der Waals surface area contributed by atoms with E-state index in [2.05, 4.69) is 11.2 Å². The van der Waals surface area contributed by atoms with Gasteiger partial charge in [0.2, 0.25) is 0 Å². The van der Waals surface area contributed by atoms with Crippen LogP contribution in [-0.2, 0) is 6.42 Å². The van der Waals surface area contributed by atoms with E-state index in [1.807, 2.05) is 0 Å². The van der Waals surface area contributed by atoms with Gasteiger partial charge in [-0.2, -0.15) is 0 Å². The molecular formula is C14H14N2O3.